The molecule has 3 fully saturated rings. The number of carbonyl (C=O) groups excluding carboxylic acids is 3. The van der Waals surface area contributed by atoms with Crippen LogP contribution in [0.25, 0.3) is 0 Å². The number of Topliss-reactive ketones (excluding diaryl/α,β-unsaturated/α-hetero) is 1. The van der Waals surface area contributed by atoms with Crippen LogP contribution in [-0.4, -0.2) is 23.5 Å². The van der Waals surface area contributed by atoms with Crippen molar-refractivity contribution in [2.75, 3.05) is 0 Å². The quantitative estimate of drug-likeness (QED) is 0.427. The maximum absolute atomic E-state index is 14.1. The average Bonchev–Trinajstić information content (AvgIpc) is 2.79. The molecule has 5 nitrogen and oxygen atoms in total. The molecule has 0 bridgehead atoms. The fourth-order valence-electron chi connectivity index (χ4n) is 6.16. The van der Waals surface area contributed by atoms with E-state index in [1.807, 2.05) is 30.3 Å². The number of ketones is 1. The third-order valence-electron chi connectivity index (χ3n) is 7.62. The van der Waals surface area contributed by atoms with Crippen molar-refractivity contribution < 1.29 is 23.9 Å². The predicted molar refractivity (Wildman–Crippen MR) is 121 cm³/mol. The second-order valence-corrected chi connectivity index (χ2v) is 10.3. The van der Waals surface area contributed by atoms with Gasteiger partial charge in [0.15, 0.2) is 5.92 Å². The normalized spacial score (nSPS) is 24.9. The van der Waals surface area contributed by atoms with Crippen molar-refractivity contribution in [3.63, 3.8) is 0 Å². The van der Waals surface area contributed by atoms with Crippen molar-refractivity contribution in [1.29, 1.82) is 0 Å². The Morgan fingerprint density at radius 1 is 0.844 bits per heavy atom. The highest BCUT2D eigenvalue weighted by Crippen LogP contribution is 2.47. The third-order valence-corrected chi connectivity index (χ3v) is 7.62. The summed E-state index contributed by atoms with van der Waals surface area (Å²) in [5.41, 5.74) is 0.853. The molecule has 1 aromatic rings. The van der Waals surface area contributed by atoms with Gasteiger partial charge in [0.05, 0.1) is 0 Å². The molecule has 1 aromatic carbocycles. The van der Waals surface area contributed by atoms with E-state index in [-0.39, 0.29) is 23.5 Å². The molecule has 0 aromatic heterocycles. The lowest BCUT2D eigenvalue weighted by atomic mass is 9.63. The Bertz CT molecular complexity index is 798. The van der Waals surface area contributed by atoms with Gasteiger partial charge in [0.25, 0.3) is 5.79 Å². The number of carbonyl (C=O) groups is 3. The summed E-state index contributed by atoms with van der Waals surface area (Å²) < 4.78 is 11.1. The summed E-state index contributed by atoms with van der Waals surface area (Å²) in [4.78, 5) is 40.5. The van der Waals surface area contributed by atoms with E-state index in [0.717, 1.165) is 56.9 Å². The van der Waals surface area contributed by atoms with E-state index >= 15 is 0 Å². The molecule has 2 aliphatic carbocycles. The summed E-state index contributed by atoms with van der Waals surface area (Å²) in [5.74, 6) is -4.00. The SMILES string of the molecule is CC1(C)OC(=O)C(C(c2ccccc2)C(C(=O)C2CCCCC2)C2CCCCC2)C(=O)O1. The maximum atomic E-state index is 14.1. The second-order valence-electron chi connectivity index (χ2n) is 10.3. The van der Waals surface area contributed by atoms with Crippen molar-refractivity contribution in [2.45, 2.75) is 89.8 Å². The highest BCUT2D eigenvalue weighted by atomic mass is 16.7. The first-order valence-corrected chi connectivity index (χ1v) is 12.4. The van der Waals surface area contributed by atoms with E-state index in [4.69, 9.17) is 9.47 Å². The smallest absolute Gasteiger partial charge is 0.324 e. The first kappa shape index (κ1) is 23.0. The monoisotopic (exact) mass is 440 g/mol. The Labute approximate surface area is 191 Å². The van der Waals surface area contributed by atoms with Gasteiger partial charge in [-0.3, -0.25) is 14.4 Å². The van der Waals surface area contributed by atoms with Gasteiger partial charge in [-0.25, -0.2) is 0 Å². The lowest BCUT2D eigenvalue weighted by Crippen LogP contribution is -2.51. The molecule has 174 valence electrons. The molecule has 2 atom stereocenters. The van der Waals surface area contributed by atoms with Crippen LogP contribution in [-0.2, 0) is 23.9 Å². The number of ether oxygens (including phenoxy) is 2. The van der Waals surface area contributed by atoms with Gasteiger partial charge in [-0.1, -0.05) is 68.9 Å². The highest BCUT2D eigenvalue weighted by Gasteiger charge is 2.53. The zero-order valence-electron chi connectivity index (χ0n) is 19.4. The molecule has 5 heteroatoms. The minimum absolute atomic E-state index is 0.0222. The lowest BCUT2D eigenvalue weighted by molar-refractivity contribution is -0.241. The fourth-order valence-corrected chi connectivity index (χ4v) is 6.16. The topological polar surface area (TPSA) is 69.7 Å². The van der Waals surface area contributed by atoms with E-state index in [1.165, 1.54) is 12.8 Å². The maximum Gasteiger partial charge on any atom is 0.324 e. The number of rotatable bonds is 6. The highest BCUT2D eigenvalue weighted by molar-refractivity contribution is 5.99. The van der Waals surface area contributed by atoms with Gasteiger partial charge in [-0.05, 0) is 37.2 Å². The number of cyclic esters (lactones) is 2. The molecule has 2 saturated carbocycles. The number of benzene rings is 1. The molecule has 2 unspecified atom stereocenters. The second kappa shape index (κ2) is 9.76. The summed E-state index contributed by atoms with van der Waals surface area (Å²) in [6, 6.07) is 9.62. The summed E-state index contributed by atoms with van der Waals surface area (Å²) >= 11 is 0. The Morgan fingerprint density at radius 2 is 1.38 bits per heavy atom. The Balaban J connectivity index is 1.77. The van der Waals surface area contributed by atoms with Gasteiger partial charge in [0.2, 0.25) is 0 Å². The lowest BCUT2D eigenvalue weighted by Gasteiger charge is -2.42. The average molecular weight is 441 g/mol. The molecule has 4 rings (SSSR count). The summed E-state index contributed by atoms with van der Waals surface area (Å²) in [7, 11) is 0. The van der Waals surface area contributed by atoms with E-state index in [1.54, 1.807) is 13.8 Å². The predicted octanol–water partition coefficient (Wildman–Crippen LogP) is 5.57. The van der Waals surface area contributed by atoms with E-state index in [9.17, 15) is 14.4 Å². The van der Waals surface area contributed by atoms with Gasteiger partial charge in [0, 0.05) is 31.6 Å². The molecule has 0 radical (unpaired) electrons. The van der Waals surface area contributed by atoms with Gasteiger partial charge in [-0.2, -0.15) is 0 Å². The van der Waals surface area contributed by atoms with Crippen molar-refractivity contribution in [3.8, 4) is 0 Å². The molecule has 0 N–H and O–H groups in total. The molecule has 32 heavy (non-hydrogen) atoms. The minimum Gasteiger partial charge on any atom is -0.422 e. The van der Waals surface area contributed by atoms with Crippen LogP contribution in [0.1, 0.15) is 89.5 Å². The van der Waals surface area contributed by atoms with Gasteiger partial charge in [0.1, 0.15) is 5.78 Å². The van der Waals surface area contributed by atoms with Crippen LogP contribution < -0.4 is 0 Å². The van der Waals surface area contributed by atoms with E-state index < -0.39 is 29.6 Å². The number of hydrogen-bond acceptors (Lipinski definition) is 5. The molecule has 3 aliphatic rings. The van der Waals surface area contributed by atoms with Crippen LogP contribution in [0.2, 0.25) is 0 Å². The van der Waals surface area contributed by atoms with Crippen molar-refractivity contribution in [1.82, 2.24) is 0 Å². The number of esters is 2. The van der Waals surface area contributed by atoms with Crippen LogP contribution >= 0.6 is 0 Å². The molecule has 0 spiro atoms. The van der Waals surface area contributed by atoms with Crippen LogP contribution in [0.5, 0.6) is 0 Å². The van der Waals surface area contributed by atoms with Crippen molar-refractivity contribution in [3.05, 3.63) is 35.9 Å². The Kier molecular flexibility index (Phi) is 7.02. The van der Waals surface area contributed by atoms with Gasteiger partial charge in [-0.15, -0.1) is 0 Å². The molecule has 1 aliphatic heterocycles. The van der Waals surface area contributed by atoms with Gasteiger partial charge < -0.3 is 9.47 Å². The standard InChI is InChI=1S/C27H36O5/c1-27(2)31-25(29)23(26(30)32-27)21(18-12-6-3-7-13-18)22(19-14-8-4-9-15-19)24(28)20-16-10-5-11-17-20/h3,6-7,12-13,19-23H,4-5,8-11,14-17H2,1-2H3. The molecular formula is C27H36O5. The first-order valence-electron chi connectivity index (χ1n) is 12.4. The summed E-state index contributed by atoms with van der Waals surface area (Å²) in [6.07, 6.45) is 10.4. The molecule has 1 saturated heterocycles. The molecule has 1 heterocycles. The fraction of sp³-hybridized carbons (Fsp3) is 0.667. The zero-order chi connectivity index (χ0) is 22.7. The Morgan fingerprint density at radius 3 is 1.94 bits per heavy atom. The Hall–Kier alpha value is -2.17. The van der Waals surface area contributed by atoms with Crippen LogP contribution in [0.4, 0.5) is 0 Å². The third kappa shape index (κ3) is 4.92. The largest absolute Gasteiger partial charge is 0.422 e. The molecule has 0 amide bonds. The van der Waals surface area contributed by atoms with Crippen LogP contribution in [0.15, 0.2) is 30.3 Å². The van der Waals surface area contributed by atoms with Crippen LogP contribution in [0.3, 0.4) is 0 Å². The van der Waals surface area contributed by atoms with E-state index in [2.05, 4.69) is 0 Å². The van der Waals surface area contributed by atoms with Crippen molar-refractivity contribution in [2.24, 2.45) is 23.7 Å². The minimum atomic E-state index is -1.28. The summed E-state index contributed by atoms with van der Waals surface area (Å²) in [6.45, 7) is 3.14. The van der Waals surface area contributed by atoms with Gasteiger partial charge >= 0.3 is 11.9 Å². The zero-order valence-corrected chi connectivity index (χ0v) is 19.4. The number of hydrogen-bond donors (Lipinski definition) is 0. The van der Waals surface area contributed by atoms with Crippen molar-refractivity contribution >= 4 is 17.7 Å². The first-order chi connectivity index (χ1) is 15.4. The molecular weight excluding hydrogens is 404 g/mol. The van der Waals surface area contributed by atoms with E-state index in [0.29, 0.717) is 0 Å². The van der Waals surface area contributed by atoms with Crippen LogP contribution in [0, 0.1) is 23.7 Å². The summed E-state index contributed by atoms with van der Waals surface area (Å²) in [5, 5.41) is 0.